The van der Waals surface area contributed by atoms with E-state index in [1.54, 1.807) is 0 Å². The zero-order chi connectivity index (χ0) is 18.8. The number of nitrogens with two attached hydrogens (primary N) is 1. The second-order valence-corrected chi connectivity index (χ2v) is 6.44. The summed E-state index contributed by atoms with van der Waals surface area (Å²) in [5.41, 5.74) is 5.87. The number of ketones is 1. The summed E-state index contributed by atoms with van der Waals surface area (Å²) in [6, 6.07) is 3.21. The fraction of sp³-hybridized carbons (Fsp3) is 0.294. The molecule has 1 aliphatic rings. The maximum atomic E-state index is 13.6. The Balaban J connectivity index is 1.93. The first-order valence-corrected chi connectivity index (χ1v) is 8.26. The van der Waals surface area contributed by atoms with Crippen molar-refractivity contribution in [2.24, 2.45) is 5.73 Å². The lowest BCUT2D eigenvalue weighted by Gasteiger charge is -2.22. The van der Waals surface area contributed by atoms with E-state index in [1.165, 1.54) is 29.1 Å². The normalized spacial score (nSPS) is 19.8. The van der Waals surface area contributed by atoms with Gasteiger partial charge in [0, 0.05) is 18.3 Å². The van der Waals surface area contributed by atoms with Crippen LogP contribution in [0.3, 0.4) is 0 Å². The number of carbonyl (C=O) groups is 2. The van der Waals surface area contributed by atoms with E-state index in [1.807, 2.05) is 0 Å². The third-order valence-corrected chi connectivity index (χ3v) is 4.59. The number of primary amides is 1. The lowest BCUT2D eigenvalue weighted by Crippen LogP contribution is -2.30. The summed E-state index contributed by atoms with van der Waals surface area (Å²) in [6.45, 7) is 7.31. The number of hydrogen-bond acceptors (Lipinski definition) is 4. The minimum Gasteiger partial charge on any atom is -0.365 e. The standard InChI is InChI=1S/C17H15ClFN5O2/c1-21-14-7-10(25)3-5-15(14)24-8-11(16(20)26)17(23-24)22-9-2-4-12(18)13(19)6-9/h2,4,6,8,14-15H,3,5,7H2,(H2,20,26)(H,22,23)/t14-,15-/m0/s1. The SMILES string of the molecule is [C-]#[N+][C@H]1CC(=O)CC[C@@H]1n1cc(C(N)=O)c(Nc2ccc(Cl)c(F)c2)n1. The van der Waals surface area contributed by atoms with E-state index in [0.717, 1.165) is 0 Å². The lowest BCUT2D eigenvalue weighted by molar-refractivity contribution is -0.121. The van der Waals surface area contributed by atoms with Crippen LogP contribution >= 0.6 is 11.6 Å². The number of halogens is 2. The van der Waals surface area contributed by atoms with Crippen LogP contribution in [-0.4, -0.2) is 27.5 Å². The molecule has 0 spiro atoms. The number of nitrogens with zero attached hydrogens (tertiary/aromatic N) is 3. The molecule has 7 nitrogen and oxygen atoms in total. The Hall–Kier alpha value is -2.92. The number of benzene rings is 1. The van der Waals surface area contributed by atoms with Crippen LogP contribution in [0.25, 0.3) is 4.85 Å². The van der Waals surface area contributed by atoms with Gasteiger partial charge in [0.1, 0.15) is 23.2 Å². The molecular formula is C17H15ClFN5O2. The summed E-state index contributed by atoms with van der Waals surface area (Å²) in [5.74, 6) is -1.13. The van der Waals surface area contributed by atoms with Crippen molar-refractivity contribution < 1.29 is 14.0 Å². The molecule has 0 aliphatic heterocycles. The van der Waals surface area contributed by atoms with Gasteiger partial charge >= 0.3 is 0 Å². The molecule has 1 fully saturated rings. The zero-order valence-electron chi connectivity index (χ0n) is 13.6. The molecule has 1 aliphatic carbocycles. The van der Waals surface area contributed by atoms with Gasteiger partial charge in [-0.3, -0.25) is 14.3 Å². The van der Waals surface area contributed by atoms with E-state index < -0.39 is 17.8 Å². The third kappa shape index (κ3) is 3.53. The van der Waals surface area contributed by atoms with Gasteiger partial charge in [-0.1, -0.05) is 11.6 Å². The van der Waals surface area contributed by atoms with Gasteiger partial charge in [-0.25, -0.2) is 11.0 Å². The Morgan fingerprint density at radius 2 is 2.27 bits per heavy atom. The Labute approximate surface area is 153 Å². The van der Waals surface area contributed by atoms with Crippen molar-refractivity contribution in [3.05, 3.63) is 52.2 Å². The van der Waals surface area contributed by atoms with Crippen molar-refractivity contribution in [1.82, 2.24) is 9.78 Å². The first-order valence-electron chi connectivity index (χ1n) is 7.88. The highest BCUT2D eigenvalue weighted by Crippen LogP contribution is 2.31. The fourth-order valence-corrected chi connectivity index (χ4v) is 3.08. The lowest BCUT2D eigenvalue weighted by atomic mass is 9.90. The largest absolute Gasteiger partial charge is 0.365 e. The molecule has 1 aromatic carbocycles. The van der Waals surface area contributed by atoms with Gasteiger partial charge in [0.25, 0.3) is 11.9 Å². The van der Waals surface area contributed by atoms with Crippen LogP contribution in [-0.2, 0) is 4.79 Å². The Morgan fingerprint density at radius 1 is 1.50 bits per heavy atom. The molecule has 2 aromatic rings. The van der Waals surface area contributed by atoms with Gasteiger partial charge in [0.05, 0.1) is 11.4 Å². The molecule has 0 radical (unpaired) electrons. The summed E-state index contributed by atoms with van der Waals surface area (Å²) in [4.78, 5) is 26.8. The molecule has 1 amide bonds. The van der Waals surface area contributed by atoms with Crippen molar-refractivity contribution in [3.8, 4) is 0 Å². The second kappa shape index (κ2) is 7.14. The molecule has 3 rings (SSSR count). The molecule has 0 saturated heterocycles. The first-order chi connectivity index (χ1) is 12.4. The molecule has 1 heterocycles. The molecule has 1 saturated carbocycles. The maximum absolute atomic E-state index is 13.6. The van der Waals surface area contributed by atoms with Crippen LogP contribution < -0.4 is 11.1 Å². The van der Waals surface area contributed by atoms with Crippen molar-refractivity contribution in [1.29, 1.82) is 0 Å². The Morgan fingerprint density at radius 3 is 2.92 bits per heavy atom. The maximum Gasteiger partial charge on any atom is 0.254 e. The average molecular weight is 376 g/mol. The molecule has 134 valence electrons. The van der Waals surface area contributed by atoms with Crippen molar-refractivity contribution in [2.75, 3.05) is 5.32 Å². The highest BCUT2D eigenvalue weighted by atomic mass is 35.5. The number of hydrogen-bond donors (Lipinski definition) is 2. The monoisotopic (exact) mass is 375 g/mol. The minimum absolute atomic E-state index is 0.0250. The fourth-order valence-electron chi connectivity index (χ4n) is 2.96. The number of anilines is 2. The predicted octanol–water partition coefficient (Wildman–Crippen LogP) is 3.10. The molecular weight excluding hydrogens is 361 g/mol. The number of rotatable bonds is 4. The van der Waals surface area contributed by atoms with E-state index in [-0.39, 0.29) is 34.6 Å². The van der Waals surface area contributed by atoms with E-state index >= 15 is 0 Å². The number of carbonyl (C=O) groups excluding carboxylic acids is 2. The predicted molar refractivity (Wildman–Crippen MR) is 93.7 cm³/mol. The summed E-state index contributed by atoms with van der Waals surface area (Å²) in [7, 11) is 0. The number of aromatic nitrogens is 2. The molecule has 26 heavy (non-hydrogen) atoms. The van der Waals surface area contributed by atoms with Crippen LogP contribution in [0.5, 0.6) is 0 Å². The summed E-state index contributed by atoms with van der Waals surface area (Å²) >= 11 is 5.66. The zero-order valence-corrected chi connectivity index (χ0v) is 14.3. The number of amides is 1. The van der Waals surface area contributed by atoms with E-state index in [4.69, 9.17) is 23.9 Å². The van der Waals surface area contributed by atoms with Gasteiger partial charge < -0.3 is 15.9 Å². The molecule has 0 bridgehead atoms. The molecule has 3 N–H and O–H groups in total. The minimum atomic E-state index is -0.709. The number of nitrogens with one attached hydrogen (secondary N) is 1. The average Bonchev–Trinajstić information content (AvgIpc) is 3.02. The summed E-state index contributed by atoms with van der Waals surface area (Å²) in [5, 5.41) is 7.14. The Kier molecular flexibility index (Phi) is 4.91. The van der Waals surface area contributed by atoms with Gasteiger partial charge in [0.15, 0.2) is 5.82 Å². The summed E-state index contributed by atoms with van der Waals surface area (Å²) < 4.78 is 15.1. The van der Waals surface area contributed by atoms with Crippen molar-refractivity contribution >= 4 is 34.8 Å². The third-order valence-electron chi connectivity index (χ3n) is 4.29. The van der Waals surface area contributed by atoms with E-state index in [0.29, 0.717) is 18.5 Å². The van der Waals surface area contributed by atoms with Gasteiger partial charge in [-0.15, -0.1) is 0 Å². The topological polar surface area (TPSA) is 94.4 Å². The van der Waals surface area contributed by atoms with Gasteiger partial charge in [0.2, 0.25) is 0 Å². The van der Waals surface area contributed by atoms with Crippen LogP contribution in [0.1, 0.15) is 35.7 Å². The summed E-state index contributed by atoms with van der Waals surface area (Å²) in [6.07, 6.45) is 2.43. The smallest absolute Gasteiger partial charge is 0.254 e. The van der Waals surface area contributed by atoms with Crippen LogP contribution in [0.15, 0.2) is 24.4 Å². The Bertz CT molecular complexity index is 920. The van der Waals surface area contributed by atoms with Gasteiger partial charge in [-0.05, 0) is 24.6 Å². The molecule has 0 unspecified atom stereocenters. The molecule has 9 heteroatoms. The van der Waals surface area contributed by atoms with Crippen molar-refractivity contribution in [3.63, 3.8) is 0 Å². The first kappa shape index (κ1) is 17.9. The van der Waals surface area contributed by atoms with E-state index in [9.17, 15) is 14.0 Å². The van der Waals surface area contributed by atoms with E-state index in [2.05, 4.69) is 15.3 Å². The molecule has 2 atom stereocenters. The van der Waals surface area contributed by atoms with Crippen LogP contribution in [0.4, 0.5) is 15.9 Å². The number of Topliss-reactive ketones (excluding diaryl/α,β-unsaturated/α-hetero) is 1. The highest BCUT2D eigenvalue weighted by Gasteiger charge is 2.36. The van der Waals surface area contributed by atoms with Gasteiger partial charge in [-0.2, -0.15) is 5.10 Å². The van der Waals surface area contributed by atoms with Crippen molar-refractivity contribution in [2.45, 2.75) is 31.3 Å². The second-order valence-electron chi connectivity index (χ2n) is 6.03. The molecule has 1 aromatic heterocycles. The quantitative estimate of drug-likeness (QED) is 0.803. The van der Waals surface area contributed by atoms with Crippen LogP contribution in [0, 0.1) is 12.4 Å². The van der Waals surface area contributed by atoms with Crippen LogP contribution in [0.2, 0.25) is 5.02 Å². The highest BCUT2D eigenvalue weighted by molar-refractivity contribution is 6.30.